The van der Waals surface area contributed by atoms with Gasteiger partial charge >= 0.3 is 12.0 Å². The predicted octanol–water partition coefficient (Wildman–Crippen LogP) is 1.78. The SMILES string of the molecule is C[C@H](OC(=O)c1ncc(Cl)c(Cl)c1Cl)C(=O)NC(N)=O. The minimum absolute atomic E-state index is 0.0627. The van der Waals surface area contributed by atoms with E-state index in [0.29, 0.717) is 0 Å². The molecule has 0 saturated carbocycles. The molecule has 108 valence electrons. The fraction of sp³-hybridized carbons (Fsp3) is 0.200. The number of rotatable bonds is 3. The van der Waals surface area contributed by atoms with Gasteiger partial charge in [0.1, 0.15) is 0 Å². The second-order valence-electron chi connectivity index (χ2n) is 3.48. The average molecular weight is 341 g/mol. The summed E-state index contributed by atoms with van der Waals surface area (Å²) in [6.07, 6.45) is -0.164. The Morgan fingerprint density at radius 2 is 1.90 bits per heavy atom. The van der Waals surface area contributed by atoms with Crippen LogP contribution in [-0.4, -0.2) is 29.0 Å². The molecule has 20 heavy (non-hydrogen) atoms. The van der Waals surface area contributed by atoms with E-state index in [0.717, 1.165) is 6.20 Å². The highest BCUT2D eigenvalue weighted by atomic mass is 35.5. The van der Waals surface area contributed by atoms with Gasteiger partial charge in [-0.2, -0.15) is 0 Å². The number of nitrogens with one attached hydrogen (secondary N) is 1. The maximum absolute atomic E-state index is 11.8. The second kappa shape index (κ2) is 6.74. The Hall–Kier alpha value is -1.57. The molecule has 7 nitrogen and oxygen atoms in total. The molecule has 0 fully saturated rings. The monoisotopic (exact) mass is 339 g/mol. The number of esters is 1. The molecule has 1 heterocycles. The van der Waals surface area contributed by atoms with Gasteiger partial charge in [-0.1, -0.05) is 34.8 Å². The van der Waals surface area contributed by atoms with Crippen molar-refractivity contribution in [1.82, 2.24) is 10.3 Å². The van der Waals surface area contributed by atoms with E-state index in [2.05, 4.69) is 4.98 Å². The smallest absolute Gasteiger partial charge is 0.359 e. The standard InChI is InChI=1S/C10H8Cl3N3O4/c1-3(8(17)16-10(14)19)20-9(18)7-6(13)5(12)4(11)2-15-7/h2-3H,1H3,(H3,14,16,17,19)/t3-/m0/s1. The summed E-state index contributed by atoms with van der Waals surface area (Å²) in [6.45, 7) is 1.24. The van der Waals surface area contributed by atoms with Crippen molar-refractivity contribution in [2.24, 2.45) is 5.73 Å². The van der Waals surface area contributed by atoms with Crippen LogP contribution in [0, 0.1) is 0 Å². The molecule has 0 aliphatic heterocycles. The molecule has 0 spiro atoms. The molecule has 1 aromatic rings. The number of carbonyl (C=O) groups excluding carboxylic acids is 3. The van der Waals surface area contributed by atoms with Crippen molar-refractivity contribution in [3.63, 3.8) is 0 Å². The highest BCUT2D eigenvalue weighted by Crippen LogP contribution is 2.31. The van der Waals surface area contributed by atoms with Gasteiger partial charge in [-0.05, 0) is 6.92 Å². The van der Waals surface area contributed by atoms with Gasteiger partial charge in [0.15, 0.2) is 11.8 Å². The summed E-state index contributed by atoms with van der Waals surface area (Å²) in [5.41, 5.74) is 4.45. The molecule has 10 heteroatoms. The number of nitrogens with two attached hydrogens (primary N) is 1. The lowest BCUT2D eigenvalue weighted by atomic mass is 10.3. The molecule has 1 aromatic heterocycles. The van der Waals surface area contributed by atoms with E-state index in [1.807, 2.05) is 0 Å². The van der Waals surface area contributed by atoms with Crippen molar-refractivity contribution < 1.29 is 19.1 Å². The highest BCUT2D eigenvalue weighted by Gasteiger charge is 2.24. The van der Waals surface area contributed by atoms with Crippen LogP contribution in [0.25, 0.3) is 0 Å². The lowest BCUT2D eigenvalue weighted by Gasteiger charge is -2.12. The molecule has 1 rings (SSSR count). The number of aromatic nitrogens is 1. The molecule has 3 amide bonds. The van der Waals surface area contributed by atoms with Crippen molar-refractivity contribution >= 4 is 52.7 Å². The summed E-state index contributed by atoms with van der Waals surface area (Å²) in [6, 6.07) is -1.07. The van der Waals surface area contributed by atoms with Crippen LogP contribution in [0.2, 0.25) is 15.1 Å². The molecule has 0 aromatic carbocycles. The van der Waals surface area contributed by atoms with Crippen LogP contribution < -0.4 is 11.1 Å². The number of imide groups is 1. The zero-order chi connectivity index (χ0) is 15.4. The third kappa shape index (κ3) is 3.96. The molecular weight excluding hydrogens is 332 g/mol. The zero-order valence-electron chi connectivity index (χ0n) is 9.95. The summed E-state index contributed by atoms with van der Waals surface area (Å²) in [7, 11) is 0. The number of urea groups is 1. The summed E-state index contributed by atoms with van der Waals surface area (Å²) in [4.78, 5) is 37.3. The van der Waals surface area contributed by atoms with Gasteiger partial charge in [-0.3, -0.25) is 10.1 Å². The Balaban J connectivity index is 2.84. The number of primary amides is 1. The molecule has 0 radical (unpaired) electrons. The van der Waals surface area contributed by atoms with Crippen molar-refractivity contribution in [1.29, 1.82) is 0 Å². The van der Waals surface area contributed by atoms with E-state index < -0.39 is 24.0 Å². The lowest BCUT2D eigenvalue weighted by molar-refractivity contribution is -0.127. The predicted molar refractivity (Wildman–Crippen MR) is 71.9 cm³/mol. The number of amides is 3. The van der Waals surface area contributed by atoms with Gasteiger partial charge in [0.25, 0.3) is 5.91 Å². The molecule has 0 saturated heterocycles. The third-order valence-electron chi connectivity index (χ3n) is 2.01. The quantitative estimate of drug-likeness (QED) is 0.815. The number of hydrogen-bond acceptors (Lipinski definition) is 5. The van der Waals surface area contributed by atoms with Crippen molar-refractivity contribution in [3.05, 3.63) is 27.0 Å². The zero-order valence-corrected chi connectivity index (χ0v) is 12.2. The topological polar surface area (TPSA) is 111 Å². The first-order valence-corrected chi connectivity index (χ1v) is 6.18. The van der Waals surface area contributed by atoms with E-state index in [4.69, 9.17) is 45.3 Å². The summed E-state index contributed by atoms with van der Waals surface area (Å²) < 4.78 is 4.77. The maximum Gasteiger partial charge on any atom is 0.359 e. The normalized spacial score (nSPS) is 11.6. The Bertz CT molecular complexity index is 579. The number of ether oxygens (including phenoxy) is 1. The Morgan fingerprint density at radius 3 is 2.45 bits per heavy atom. The first kappa shape index (κ1) is 16.5. The number of nitrogens with zero attached hydrogens (tertiary/aromatic N) is 1. The van der Waals surface area contributed by atoms with Crippen molar-refractivity contribution in [2.75, 3.05) is 0 Å². The number of carbonyl (C=O) groups is 3. The van der Waals surface area contributed by atoms with E-state index in [1.165, 1.54) is 6.92 Å². The number of pyridine rings is 1. The van der Waals surface area contributed by atoms with E-state index in [9.17, 15) is 14.4 Å². The Kier molecular flexibility index (Phi) is 5.55. The molecule has 0 bridgehead atoms. The van der Waals surface area contributed by atoms with Crippen LogP contribution in [-0.2, 0) is 9.53 Å². The van der Waals surface area contributed by atoms with E-state index in [1.54, 1.807) is 5.32 Å². The Morgan fingerprint density at radius 1 is 1.30 bits per heavy atom. The highest BCUT2D eigenvalue weighted by molar-refractivity contribution is 6.48. The molecular formula is C10H8Cl3N3O4. The van der Waals surface area contributed by atoms with Crippen LogP contribution in [0.1, 0.15) is 17.4 Å². The Labute approximate surface area is 128 Å². The van der Waals surface area contributed by atoms with E-state index in [-0.39, 0.29) is 20.8 Å². The summed E-state index contributed by atoms with van der Waals surface area (Å²) in [5.74, 6) is -1.89. The maximum atomic E-state index is 11.8. The fourth-order valence-electron chi connectivity index (χ4n) is 1.08. The first-order chi connectivity index (χ1) is 9.23. The third-order valence-corrected chi connectivity index (χ3v) is 3.25. The number of hydrogen-bond donors (Lipinski definition) is 2. The van der Waals surface area contributed by atoms with Crippen LogP contribution in [0.15, 0.2) is 6.20 Å². The van der Waals surface area contributed by atoms with Gasteiger partial charge in [0, 0.05) is 6.20 Å². The van der Waals surface area contributed by atoms with E-state index >= 15 is 0 Å². The van der Waals surface area contributed by atoms with Crippen LogP contribution >= 0.6 is 34.8 Å². The van der Waals surface area contributed by atoms with Crippen molar-refractivity contribution in [3.8, 4) is 0 Å². The summed E-state index contributed by atoms with van der Waals surface area (Å²) >= 11 is 17.2. The van der Waals surface area contributed by atoms with Gasteiger partial charge in [-0.25, -0.2) is 14.6 Å². The average Bonchev–Trinajstić information content (AvgIpc) is 2.35. The summed E-state index contributed by atoms with van der Waals surface area (Å²) in [5, 5.41) is 1.55. The minimum Gasteiger partial charge on any atom is -0.448 e. The van der Waals surface area contributed by atoms with Gasteiger partial charge in [-0.15, -0.1) is 0 Å². The van der Waals surface area contributed by atoms with Gasteiger partial charge in [0.05, 0.1) is 15.1 Å². The molecule has 1 atom stereocenters. The van der Waals surface area contributed by atoms with Crippen LogP contribution in [0.5, 0.6) is 0 Å². The molecule has 0 aliphatic carbocycles. The molecule has 3 N–H and O–H groups in total. The largest absolute Gasteiger partial charge is 0.448 e. The fourth-order valence-corrected chi connectivity index (χ4v) is 1.64. The first-order valence-electron chi connectivity index (χ1n) is 5.04. The lowest BCUT2D eigenvalue weighted by Crippen LogP contribution is -2.42. The van der Waals surface area contributed by atoms with Gasteiger partial charge < -0.3 is 10.5 Å². The van der Waals surface area contributed by atoms with Crippen molar-refractivity contribution in [2.45, 2.75) is 13.0 Å². The van der Waals surface area contributed by atoms with Crippen LogP contribution in [0.3, 0.4) is 0 Å². The molecule has 0 aliphatic rings. The minimum atomic E-state index is -1.28. The van der Waals surface area contributed by atoms with Gasteiger partial charge in [0.2, 0.25) is 0 Å². The number of halogens is 3. The molecule has 0 unspecified atom stereocenters. The second-order valence-corrected chi connectivity index (χ2v) is 4.65. The van der Waals surface area contributed by atoms with Crippen LogP contribution in [0.4, 0.5) is 4.79 Å².